The molecule has 96 valence electrons. The highest BCUT2D eigenvalue weighted by Crippen LogP contribution is 2.07. The van der Waals surface area contributed by atoms with Crippen LogP contribution in [0.4, 0.5) is 0 Å². The summed E-state index contributed by atoms with van der Waals surface area (Å²) in [6.45, 7) is 3.32. The van der Waals surface area contributed by atoms with Crippen molar-refractivity contribution in [3.63, 3.8) is 0 Å². The van der Waals surface area contributed by atoms with Crippen LogP contribution in [-0.2, 0) is 9.53 Å². The second kappa shape index (κ2) is 7.00. The number of hydrogen-bond donors (Lipinski definition) is 2. The van der Waals surface area contributed by atoms with Crippen LogP contribution in [-0.4, -0.2) is 49.5 Å². The Morgan fingerprint density at radius 3 is 3.12 bits per heavy atom. The van der Waals surface area contributed by atoms with E-state index in [0.717, 1.165) is 5.06 Å². The highest BCUT2D eigenvalue weighted by molar-refractivity contribution is 6.40. The number of aliphatic imine (C=N–C) groups is 1. The largest absolute Gasteiger partial charge is 0.758 e. The molecular weight excluding hydrogens is 224 g/mol. The van der Waals surface area contributed by atoms with Gasteiger partial charge in [0, 0.05) is 25.0 Å². The number of nitrogens with zero attached hydrogens (tertiary/aromatic N) is 2. The van der Waals surface area contributed by atoms with Gasteiger partial charge < -0.3 is 26.1 Å². The lowest BCUT2D eigenvalue weighted by molar-refractivity contribution is -0.115. The van der Waals surface area contributed by atoms with Gasteiger partial charge in [-0.25, -0.2) is 0 Å². The van der Waals surface area contributed by atoms with E-state index in [-0.39, 0.29) is 18.2 Å². The van der Waals surface area contributed by atoms with E-state index in [1.54, 1.807) is 6.92 Å². The van der Waals surface area contributed by atoms with Gasteiger partial charge >= 0.3 is 0 Å². The molecule has 0 atom stereocenters. The molecule has 1 amide bonds. The van der Waals surface area contributed by atoms with Crippen molar-refractivity contribution >= 4 is 11.6 Å². The number of hydroxylamine groups is 2. The maximum atomic E-state index is 11.6. The Bertz CT molecular complexity index is 328. The molecular formula is C10H17N4O3-. The summed E-state index contributed by atoms with van der Waals surface area (Å²) in [4.78, 5) is 15.5. The predicted molar refractivity (Wildman–Crippen MR) is 64.1 cm³/mol. The molecule has 1 rings (SSSR count). The minimum atomic E-state index is -0.342. The van der Waals surface area contributed by atoms with Gasteiger partial charge in [-0.2, -0.15) is 0 Å². The van der Waals surface area contributed by atoms with Gasteiger partial charge in [-0.1, -0.05) is 0 Å². The molecule has 0 aromatic heterocycles. The fourth-order valence-corrected chi connectivity index (χ4v) is 1.19. The monoisotopic (exact) mass is 241 g/mol. The molecule has 17 heavy (non-hydrogen) atoms. The Morgan fingerprint density at radius 2 is 2.47 bits per heavy atom. The molecule has 0 saturated heterocycles. The van der Waals surface area contributed by atoms with Crippen LogP contribution in [0.3, 0.4) is 0 Å². The van der Waals surface area contributed by atoms with Crippen LogP contribution < -0.4 is 11.1 Å². The van der Waals surface area contributed by atoms with Gasteiger partial charge in [-0.3, -0.25) is 9.79 Å². The normalized spacial score (nSPS) is 15.4. The fourth-order valence-electron chi connectivity index (χ4n) is 1.19. The molecule has 0 fully saturated rings. The number of nitrogens with one attached hydrogen (secondary N) is 1. The highest BCUT2D eigenvalue weighted by Gasteiger charge is 2.14. The molecule has 1 aliphatic heterocycles. The predicted octanol–water partition coefficient (Wildman–Crippen LogP) is -0.806. The zero-order chi connectivity index (χ0) is 12.7. The zero-order valence-corrected chi connectivity index (χ0v) is 9.81. The van der Waals surface area contributed by atoms with Gasteiger partial charge in [0.1, 0.15) is 5.71 Å². The first-order valence-corrected chi connectivity index (χ1v) is 5.39. The van der Waals surface area contributed by atoms with Crippen molar-refractivity contribution in [1.29, 1.82) is 0 Å². The fraction of sp³-hybridized carbons (Fsp3) is 0.600. The van der Waals surface area contributed by atoms with Crippen molar-refractivity contribution in [3.8, 4) is 0 Å². The maximum absolute atomic E-state index is 11.6. The van der Waals surface area contributed by atoms with Gasteiger partial charge in [0.15, 0.2) is 0 Å². The van der Waals surface area contributed by atoms with Crippen LogP contribution in [0, 0.1) is 5.21 Å². The zero-order valence-electron chi connectivity index (χ0n) is 9.81. The topological polar surface area (TPSA) is 103 Å². The van der Waals surface area contributed by atoms with Gasteiger partial charge in [0.2, 0.25) is 0 Å². The molecule has 0 unspecified atom stereocenters. The number of allylic oxidation sites excluding steroid dienone is 1. The first-order valence-electron chi connectivity index (χ1n) is 5.39. The maximum Gasteiger partial charge on any atom is 0.267 e. The summed E-state index contributed by atoms with van der Waals surface area (Å²) in [5.74, 6) is -0.342. The summed E-state index contributed by atoms with van der Waals surface area (Å²) in [5, 5.41) is 14.6. The lowest BCUT2D eigenvalue weighted by Gasteiger charge is -2.33. The average molecular weight is 241 g/mol. The molecule has 1 aliphatic rings. The lowest BCUT2D eigenvalue weighted by atomic mass is 10.3. The van der Waals surface area contributed by atoms with Crippen molar-refractivity contribution in [2.45, 2.75) is 6.92 Å². The summed E-state index contributed by atoms with van der Waals surface area (Å²) >= 11 is 0. The minimum Gasteiger partial charge on any atom is -0.758 e. The van der Waals surface area contributed by atoms with Crippen molar-refractivity contribution in [2.75, 3.05) is 32.8 Å². The smallest absolute Gasteiger partial charge is 0.267 e. The van der Waals surface area contributed by atoms with Crippen molar-refractivity contribution in [3.05, 3.63) is 17.1 Å². The number of rotatable bonds is 6. The van der Waals surface area contributed by atoms with E-state index in [9.17, 15) is 10.0 Å². The van der Waals surface area contributed by atoms with Gasteiger partial charge in [0.05, 0.1) is 19.8 Å². The molecule has 0 aromatic carbocycles. The van der Waals surface area contributed by atoms with Gasteiger partial charge in [-0.05, 0) is 6.92 Å². The van der Waals surface area contributed by atoms with Crippen molar-refractivity contribution < 1.29 is 9.53 Å². The van der Waals surface area contributed by atoms with Crippen LogP contribution in [0.1, 0.15) is 6.92 Å². The number of hydrogen-bond acceptors (Lipinski definition) is 6. The average Bonchev–Trinajstić information content (AvgIpc) is 2.32. The van der Waals surface area contributed by atoms with Crippen LogP contribution in [0.15, 0.2) is 16.9 Å². The van der Waals surface area contributed by atoms with Gasteiger partial charge in [0.25, 0.3) is 5.91 Å². The first-order chi connectivity index (χ1) is 8.15. The number of nitrogens with two attached hydrogens (primary N) is 1. The summed E-state index contributed by atoms with van der Waals surface area (Å²) in [5.41, 5.74) is 5.94. The number of amides is 1. The van der Waals surface area contributed by atoms with Crippen LogP contribution in [0.5, 0.6) is 0 Å². The third-order valence-electron chi connectivity index (χ3n) is 2.15. The summed E-state index contributed by atoms with van der Waals surface area (Å²) < 4.78 is 5.10. The molecule has 3 N–H and O–H groups in total. The number of carbonyl (C=O) groups excluding carboxylic acids is 1. The van der Waals surface area contributed by atoms with E-state index >= 15 is 0 Å². The van der Waals surface area contributed by atoms with Crippen molar-refractivity contribution in [2.24, 2.45) is 10.7 Å². The molecule has 0 aromatic rings. The van der Waals surface area contributed by atoms with E-state index < -0.39 is 0 Å². The molecule has 1 heterocycles. The Kier molecular flexibility index (Phi) is 5.61. The lowest BCUT2D eigenvalue weighted by Crippen LogP contribution is -2.39. The molecule has 0 radical (unpaired) electrons. The van der Waals surface area contributed by atoms with E-state index in [1.807, 2.05) is 0 Å². The van der Waals surface area contributed by atoms with E-state index in [0.29, 0.717) is 32.0 Å². The van der Waals surface area contributed by atoms with Crippen LogP contribution >= 0.6 is 0 Å². The Labute approximate surface area is 99.9 Å². The summed E-state index contributed by atoms with van der Waals surface area (Å²) in [6.07, 6.45) is 1.39. The second-order valence-corrected chi connectivity index (χ2v) is 3.54. The van der Waals surface area contributed by atoms with E-state index in [1.165, 1.54) is 6.20 Å². The Morgan fingerprint density at radius 1 is 1.71 bits per heavy atom. The summed E-state index contributed by atoms with van der Waals surface area (Å²) in [6, 6.07) is 0. The Balaban J connectivity index is 2.29. The molecule has 0 bridgehead atoms. The summed E-state index contributed by atoms with van der Waals surface area (Å²) in [7, 11) is 0. The second-order valence-electron chi connectivity index (χ2n) is 3.54. The molecule has 0 saturated carbocycles. The SMILES string of the molecule is CC1=CN=C(C(=O)NCCOCCN)CN1[O-]. The molecule has 0 spiro atoms. The number of ether oxygens (including phenoxy) is 1. The van der Waals surface area contributed by atoms with Gasteiger partial charge in [-0.15, -0.1) is 0 Å². The highest BCUT2D eigenvalue weighted by atomic mass is 16.5. The minimum absolute atomic E-state index is 0.0160. The number of carbonyl (C=O) groups is 1. The molecule has 7 nitrogen and oxygen atoms in total. The third kappa shape index (κ3) is 4.51. The third-order valence-corrected chi connectivity index (χ3v) is 2.15. The van der Waals surface area contributed by atoms with E-state index in [2.05, 4.69) is 10.3 Å². The quantitative estimate of drug-likeness (QED) is 0.592. The standard InChI is InChI=1S/C10H17N4O3/c1-8-6-13-9(7-14(8)16)10(15)12-3-5-17-4-2-11/h6H,2-5,7,11H2,1H3,(H,12,15)/q-1. The van der Waals surface area contributed by atoms with Crippen LogP contribution in [0.25, 0.3) is 0 Å². The molecule has 0 aliphatic carbocycles. The van der Waals surface area contributed by atoms with Crippen LogP contribution in [0.2, 0.25) is 0 Å². The Hall–Kier alpha value is -1.44. The molecule has 7 heteroatoms. The van der Waals surface area contributed by atoms with E-state index in [4.69, 9.17) is 10.5 Å². The first kappa shape index (κ1) is 13.6. The van der Waals surface area contributed by atoms with Crippen molar-refractivity contribution in [1.82, 2.24) is 10.4 Å².